The summed E-state index contributed by atoms with van der Waals surface area (Å²) in [6.07, 6.45) is 4.43. The van der Waals surface area contributed by atoms with Gasteiger partial charge in [-0.3, -0.25) is 4.79 Å². The average Bonchev–Trinajstić information content (AvgIpc) is 2.76. The Morgan fingerprint density at radius 3 is 2.53 bits per heavy atom. The molecule has 0 aromatic heterocycles. The molecule has 104 valence electrons. The van der Waals surface area contributed by atoms with Gasteiger partial charge in [-0.05, 0) is 37.5 Å². The van der Waals surface area contributed by atoms with Crippen LogP contribution in [-0.4, -0.2) is 11.4 Å². The Kier molecular flexibility index (Phi) is 4.20. The number of hydrogen-bond acceptors (Lipinski definition) is 2. The maximum absolute atomic E-state index is 12.8. The summed E-state index contributed by atoms with van der Waals surface area (Å²) in [4.78, 5) is 12.0. The fourth-order valence-electron chi connectivity index (χ4n) is 2.70. The van der Waals surface area contributed by atoms with Crippen molar-refractivity contribution in [3.63, 3.8) is 0 Å². The van der Waals surface area contributed by atoms with Gasteiger partial charge in [0.1, 0.15) is 5.82 Å². The van der Waals surface area contributed by atoms with E-state index in [0.29, 0.717) is 6.42 Å². The van der Waals surface area contributed by atoms with Crippen LogP contribution in [0.2, 0.25) is 0 Å². The fourth-order valence-corrected chi connectivity index (χ4v) is 2.70. The molecule has 3 N–H and O–H groups in total. The first-order valence-corrected chi connectivity index (χ1v) is 6.82. The van der Waals surface area contributed by atoms with Gasteiger partial charge in [-0.25, -0.2) is 4.39 Å². The SMILES string of the molecule is CC(NC(=O)CC1(N)CCCC1)c1ccc(F)cc1. The van der Waals surface area contributed by atoms with Crippen molar-refractivity contribution in [2.24, 2.45) is 5.73 Å². The number of rotatable bonds is 4. The van der Waals surface area contributed by atoms with Crippen molar-refractivity contribution in [1.29, 1.82) is 0 Å². The molecular formula is C15H21FN2O. The molecule has 0 spiro atoms. The lowest BCUT2D eigenvalue weighted by molar-refractivity contribution is -0.122. The molecule has 1 aliphatic rings. The molecule has 0 saturated heterocycles. The second-order valence-electron chi connectivity index (χ2n) is 5.59. The quantitative estimate of drug-likeness (QED) is 0.878. The fraction of sp³-hybridized carbons (Fsp3) is 0.533. The summed E-state index contributed by atoms with van der Waals surface area (Å²) in [5, 5.41) is 2.93. The molecule has 4 heteroatoms. The van der Waals surface area contributed by atoms with Gasteiger partial charge in [0.2, 0.25) is 5.91 Å². The molecule has 0 heterocycles. The van der Waals surface area contributed by atoms with Gasteiger partial charge in [0.05, 0.1) is 6.04 Å². The van der Waals surface area contributed by atoms with Crippen LogP contribution in [0.1, 0.15) is 50.6 Å². The van der Waals surface area contributed by atoms with Crippen LogP contribution in [0.4, 0.5) is 4.39 Å². The maximum atomic E-state index is 12.8. The van der Waals surface area contributed by atoms with Crippen molar-refractivity contribution in [1.82, 2.24) is 5.32 Å². The van der Waals surface area contributed by atoms with Gasteiger partial charge in [-0.2, -0.15) is 0 Å². The normalized spacial score (nSPS) is 19.1. The van der Waals surface area contributed by atoms with E-state index in [-0.39, 0.29) is 23.3 Å². The third-order valence-corrected chi connectivity index (χ3v) is 3.86. The Balaban J connectivity index is 1.89. The molecule has 1 saturated carbocycles. The smallest absolute Gasteiger partial charge is 0.222 e. The molecule has 1 aromatic rings. The van der Waals surface area contributed by atoms with Crippen LogP contribution in [-0.2, 0) is 4.79 Å². The van der Waals surface area contributed by atoms with Gasteiger partial charge in [0.15, 0.2) is 0 Å². The Bertz CT molecular complexity index is 438. The Morgan fingerprint density at radius 2 is 1.95 bits per heavy atom. The highest BCUT2D eigenvalue weighted by Gasteiger charge is 2.31. The Labute approximate surface area is 113 Å². The number of carbonyl (C=O) groups is 1. The number of benzene rings is 1. The zero-order valence-corrected chi connectivity index (χ0v) is 11.3. The molecule has 0 bridgehead atoms. The molecule has 1 aromatic carbocycles. The van der Waals surface area contributed by atoms with Crippen molar-refractivity contribution in [3.05, 3.63) is 35.6 Å². The third kappa shape index (κ3) is 3.77. The van der Waals surface area contributed by atoms with Gasteiger partial charge >= 0.3 is 0 Å². The number of carbonyl (C=O) groups excluding carboxylic acids is 1. The van der Waals surface area contributed by atoms with Crippen LogP contribution >= 0.6 is 0 Å². The monoisotopic (exact) mass is 264 g/mol. The van der Waals surface area contributed by atoms with E-state index in [1.165, 1.54) is 12.1 Å². The number of hydrogen-bond donors (Lipinski definition) is 2. The molecule has 1 fully saturated rings. The predicted molar refractivity (Wildman–Crippen MR) is 73.0 cm³/mol. The predicted octanol–water partition coefficient (Wildman–Crippen LogP) is 2.66. The van der Waals surface area contributed by atoms with E-state index in [2.05, 4.69) is 5.32 Å². The largest absolute Gasteiger partial charge is 0.350 e. The van der Waals surface area contributed by atoms with E-state index < -0.39 is 0 Å². The molecule has 3 nitrogen and oxygen atoms in total. The van der Waals surface area contributed by atoms with Crippen LogP contribution in [0.5, 0.6) is 0 Å². The van der Waals surface area contributed by atoms with E-state index in [1.54, 1.807) is 12.1 Å². The van der Waals surface area contributed by atoms with Crippen LogP contribution in [0.25, 0.3) is 0 Å². The number of nitrogens with one attached hydrogen (secondary N) is 1. The maximum Gasteiger partial charge on any atom is 0.222 e. The van der Waals surface area contributed by atoms with Crippen molar-refractivity contribution in [3.8, 4) is 0 Å². The summed E-state index contributed by atoms with van der Waals surface area (Å²) in [6, 6.07) is 6.05. The van der Waals surface area contributed by atoms with E-state index >= 15 is 0 Å². The Morgan fingerprint density at radius 1 is 1.37 bits per heavy atom. The summed E-state index contributed by atoms with van der Waals surface area (Å²) in [7, 11) is 0. The first kappa shape index (κ1) is 14.0. The lowest BCUT2D eigenvalue weighted by Gasteiger charge is -2.24. The minimum atomic E-state index is -0.327. The van der Waals surface area contributed by atoms with Crippen LogP contribution in [0, 0.1) is 5.82 Å². The van der Waals surface area contributed by atoms with Gasteiger partial charge < -0.3 is 11.1 Å². The highest BCUT2D eigenvalue weighted by atomic mass is 19.1. The molecule has 1 atom stereocenters. The van der Waals surface area contributed by atoms with Crippen LogP contribution < -0.4 is 11.1 Å². The van der Waals surface area contributed by atoms with Crippen LogP contribution in [0.3, 0.4) is 0 Å². The topological polar surface area (TPSA) is 55.1 Å². The minimum absolute atomic E-state index is 0.0266. The van der Waals surface area contributed by atoms with Gasteiger partial charge in [-0.15, -0.1) is 0 Å². The standard InChI is InChI=1S/C15H21FN2O/c1-11(12-4-6-13(16)7-5-12)18-14(19)10-15(17)8-2-3-9-15/h4-7,11H,2-3,8-10,17H2,1H3,(H,18,19). The number of nitrogens with two attached hydrogens (primary N) is 1. The number of halogens is 1. The summed E-state index contributed by atoms with van der Waals surface area (Å²) in [6.45, 7) is 1.89. The van der Waals surface area contributed by atoms with Gasteiger partial charge in [0, 0.05) is 12.0 Å². The molecule has 0 aliphatic heterocycles. The lowest BCUT2D eigenvalue weighted by Crippen LogP contribution is -2.42. The molecule has 1 unspecified atom stereocenters. The molecule has 0 radical (unpaired) electrons. The van der Waals surface area contributed by atoms with Crippen LogP contribution in [0.15, 0.2) is 24.3 Å². The summed E-state index contributed by atoms with van der Waals surface area (Å²) < 4.78 is 12.8. The summed E-state index contributed by atoms with van der Waals surface area (Å²) in [5.74, 6) is -0.296. The third-order valence-electron chi connectivity index (χ3n) is 3.86. The highest BCUT2D eigenvalue weighted by molar-refractivity contribution is 5.77. The van der Waals surface area contributed by atoms with Crippen molar-refractivity contribution >= 4 is 5.91 Å². The Hall–Kier alpha value is -1.42. The zero-order chi connectivity index (χ0) is 13.9. The van der Waals surface area contributed by atoms with E-state index in [4.69, 9.17) is 5.73 Å². The number of amides is 1. The van der Waals surface area contributed by atoms with E-state index in [1.807, 2.05) is 6.92 Å². The summed E-state index contributed by atoms with van der Waals surface area (Å²) in [5.41, 5.74) is 6.75. The van der Waals surface area contributed by atoms with E-state index in [0.717, 1.165) is 31.2 Å². The molecule has 19 heavy (non-hydrogen) atoms. The molecule has 1 amide bonds. The first-order valence-electron chi connectivity index (χ1n) is 6.82. The minimum Gasteiger partial charge on any atom is -0.350 e. The first-order chi connectivity index (χ1) is 8.98. The summed E-state index contributed by atoms with van der Waals surface area (Å²) >= 11 is 0. The second-order valence-corrected chi connectivity index (χ2v) is 5.59. The highest BCUT2D eigenvalue weighted by Crippen LogP contribution is 2.30. The van der Waals surface area contributed by atoms with Crippen molar-refractivity contribution in [2.75, 3.05) is 0 Å². The average molecular weight is 264 g/mol. The lowest BCUT2D eigenvalue weighted by atomic mass is 9.94. The molecule has 1 aliphatic carbocycles. The molecular weight excluding hydrogens is 243 g/mol. The van der Waals surface area contributed by atoms with E-state index in [9.17, 15) is 9.18 Å². The van der Waals surface area contributed by atoms with Crippen molar-refractivity contribution in [2.45, 2.75) is 50.6 Å². The van der Waals surface area contributed by atoms with Crippen molar-refractivity contribution < 1.29 is 9.18 Å². The second kappa shape index (κ2) is 5.70. The van der Waals surface area contributed by atoms with Gasteiger partial charge in [0.25, 0.3) is 0 Å². The zero-order valence-electron chi connectivity index (χ0n) is 11.3. The molecule has 2 rings (SSSR count). The van der Waals surface area contributed by atoms with Gasteiger partial charge in [-0.1, -0.05) is 25.0 Å².